The first-order chi connectivity index (χ1) is 10.3. The first-order valence-corrected chi connectivity index (χ1v) is 6.68. The second kappa shape index (κ2) is 7.50. The van der Waals surface area contributed by atoms with E-state index < -0.39 is 0 Å². The van der Waals surface area contributed by atoms with Crippen molar-refractivity contribution in [2.45, 2.75) is 13.1 Å². The molecule has 0 atom stereocenters. The highest BCUT2D eigenvalue weighted by Gasteiger charge is 2.11. The summed E-state index contributed by atoms with van der Waals surface area (Å²) >= 11 is 0. The number of aromatic nitrogens is 1. The minimum absolute atomic E-state index is 0.653. The molecule has 1 aromatic carbocycles. The molecule has 112 valence electrons. The summed E-state index contributed by atoms with van der Waals surface area (Å²) in [5, 5.41) is 3.34. The molecule has 5 heteroatoms. The van der Waals surface area contributed by atoms with Gasteiger partial charge >= 0.3 is 0 Å². The van der Waals surface area contributed by atoms with Crippen LogP contribution in [-0.4, -0.2) is 26.3 Å². The van der Waals surface area contributed by atoms with Gasteiger partial charge in [0.2, 0.25) is 0 Å². The van der Waals surface area contributed by atoms with Gasteiger partial charge in [0.1, 0.15) is 5.75 Å². The predicted molar refractivity (Wildman–Crippen MR) is 80.9 cm³/mol. The number of nitrogens with one attached hydrogen (secondary N) is 1. The van der Waals surface area contributed by atoms with Crippen LogP contribution in [0.25, 0.3) is 0 Å². The molecule has 0 aliphatic heterocycles. The van der Waals surface area contributed by atoms with Crippen LogP contribution in [0.4, 0.5) is 0 Å². The summed E-state index contributed by atoms with van der Waals surface area (Å²) in [7, 11) is 4.87. The summed E-state index contributed by atoms with van der Waals surface area (Å²) < 4.78 is 16.0. The van der Waals surface area contributed by atoms with E-state index in [1.165, 1.54) is 0 Å². The Morgan fingerprint density at radius 2 is 1.62 bits per heavy atom. The molecule has 0 unspecified atom stereocenters. The molecule has 0 spiro atoms. The van der Waals surface area contributed by atoms with Gasteiger partial charge in [-0.05, 0) is 18.2 Å². The van der Waals surface area contributed by atoms with Gasteiger partial charge in [-0.25, -0.2) is 0 Å². The van der Waals surface area contributed by atoms with Gasteiger partial charge in [-0.2, -0.15) is 0 Å². The van der Waals surface area contributed by atoms with Gasteiger partial charge in [-0.3, -0.25) is 4.98 Å². The molecule has 0 fully saturated rings. The number of ether oxygens (including phenoxy) is 3. The number of nitrogens with zero attached hydrogens (tertiary/aromatic N) is 1. The molecule has 0 amide bonds. The van der Waals surface area contributed by atoms with E-state index in [1.807, 2.05) is 30.3 Å². The SMILES string of the molecule is COc1cc(OC)c(OC)cc1CNCc1ccccn1. The Hall–Kier alpha value is -2.27. The Labute approximate surface area is 124 Å². The highest BCUT2D eigenvalue weighted by Crippen LogP contribution is 2.34. The first kappa shape index (κ1) is 15.1. The van der Waals surface area contributed by atoms with Crippen molar-refractivity contribution in [1.29, 1.82) is 0 Å². The fourth-order valence-electron chi connectivity index (χ4n) is 2.06. The molecule has 0 bridgehead atoms. The number of hydrogen-bond donors (Lipinski definition) is 1. The Morgan fingerprint density at radius 3 is 2.24 bits per heavy atom. The van der Waals surface area contributed by atoms with E-state index in [4.69, 9.17) is 14.2 Å². The molecule has 5 nitrogen and oxygen atoms in total. The van der Waals surface area contributed by atoms with Crippen LogP contribution < -0.4 is 19.5 Å². The maximum Gasteiger partial charge on any atom is 0.164 e. The molecule has 1 heterocycles. The van der Waals surface area contributed by atoms with Crippen molar-refractivity contribution >= 4 is 0 Å². The van der Waals surface area contributed by atoms with E-state index in [2.05, 4.69) is 10.3 Å². The van der Waals surface area contributed by atoms with Gasteiger partial charge < -0.3 is 19.5 Å². The van der Waals surface area contributed by atoms with Gasteiger partial charge in [0.25, 0.3) is 0 Å². The summed E-state index contributed by atoms with van der Waals surface area (Å²) in [5.74, 6) is 2.11. The Balaban J connectivity index is 2.08. The van der Waals surface area contributed by atoms with Crippen LogP contribution in [0.2, 0.25) is 0 Å². The average molecular weight is 288 g/mol. The minimum atomic E-state index is 0.653. The van der Waals surface area contributed by atoms with Crippen molar-refractivity contribution in [3.63, 3.8) is 0 Å². The van der Waals surface area contributed by atoms with Crippen LogP contribution in [0.5, 0.6) is 17.2 Å². The van der Waals surface area contributed by atoms with Crippen molar-refractivity contribution in [2.24, 2.45) is 0 Å². The Kier molecular flexibility index (Phi) is 5.40. The van der Waals surface area contributed by atoms with Gasteiger partial charge in [-0.15, -0.1) is 0 Å². The fraction of sp³-hybridized carbons (Fsp3) is 0.312. The van der Waals surface area contributed by atoms with E-state index in [1.54, 1.807) is 27.5 Å². The van der Waals surface area contributed by atoms with Crippen molar-refractivity contribution in [3.05, 3.63) is 47.8 Å². The quantitative estimate of drug-likeness (QED) is 0.848. The Morgan fingerprint density at radius 1 is 0.905 bits per heavy atom. The maximum atomic E-state index is 5.40. The molecular weight excluding hydrogens is 268 g/mol. The largest absolute Gasteiger partial charge is 0.496 e. The van der Waals surface area contributed by atoms with E-state index in [9.17, 15) is 0 Å². The second-order valence-electron chi connectivity index (χ2n) is 4.44. The fourth-order valence-corrected chi connectivity index (χ4v) is 2.06. The normalized spacial score (nSPS) is 10.2. The van der Waals surface area contributed by atoms with E-state index in [-0.39, 0.29) is 0 Å². The maximum absolute atomic E-state index is 5.40. The van der Waals surface area contributed by atoms with Crippen LogP contribution in [0, 0.1) is 0 Å². The van der Waals surface area contributed by atoms with Crippen molar-refractivity contribution in [2.75, 3.05) is 21.3 Å². The molecular formula is C16H20N2O3. The molecule has 0 radical (unpaired) electrons. The number of pyridine rings is 1. The molecule has 0 saturated carbocycles. The lowest BCUT2D eigenvalue weighted by molar-refractivity contribution is 0.347. The lowest BCUT2D eigenvalue weighted by Crippen LogP contribution is -2.14. The number of benzene rings is 1. The van der Waals surface area contributed by atoms with E-state index in [0.717, 1.165) is 17.0 Å². The van der Waals surface area contributed by atoms with Crippen LogP contribution in [0.3, 0.4) is 0 Å². The van der Waals surface area contributed by atoms with Gasteiger partial charge in [0, 0.05) is 30.9 Å². The van der Waals surface area contributed by atoms with Gasteiger partial charge in [0.15, 0.2) is 11.5 Å². The molecule has 0 aliphatic rings. The minimum Gasteiger partial charge on any atom is -0.496 e. The highest BCUT2D eigenvalue weighted by molar-refractivity contribution is 5.50. The summed E-state index contributed by atoms with van der Waals surface area (Å²) in [6.45, 7) is 1.35. The van der Waals surface area contributed by atoms with Crippen LogP contribution in [-0.2, 0) is 13.1 Å². The third kappa shape index (κ3) is 3.86. The lowest BCUT2D eigenvalue weighted by atomic mass is 10.1. The zero-order valence-corrected chi connectivity index (χ0v) is 12.6. The number of rotatable bonds is 7. The van der Waals surface area contributed by atoms with Crippen molar-refractivity contribution < 1.29 is 14.2 Å². The monoisotopic (exact) mass is 288 g/mol. The molecule has 1 N–H and O–H groups in total. The summed E-state index contributed by atoms with van der Waals surface area (Å²) in [6, 6.07) is 9.61. The molecule has 1 aromatic heterocycles. The van der Waals surface area contributed by atoms with Crippen LogP contribution in [0.1, 0.15) is 11.3 Å². The van der Waals surface area contributed by atoms with Crippen LogP contribution >= 0.6 is 0 Å². The lowest BCUT2D eigenvalue weighted by Gasteiger charge is -2.14. The third-order valence-corrected chi connectivity index (χ3v) is 3.13. The molecule has 21 heavy (non-hydrogen) atoms. The molecule has 2 aromatic rings. The van der Waals surface area contributed by atoms with E-state index >= 15 is 0 Å². The van der Waals surface area contributed by atoms with E-state index in [0.29, 0.717) is 24.6 Å². The topological polar surface area (TPSA) is 52.6 Å². The first-order valence-electron chi connectivity index (χ1n) is 6.68. The second-order valence-corrected chi connectivity index (χ2v) is 4.44. The molecule has 0 saturated heterocycles. The predicted octanol–water partition coefficient (Wildman–Crippen LogP) is 2.40. The van der Waals surface area contributed by atoms with Crippen LogP contribution in [0.15, 0.2) is 36.5 Å². The number of hydrogen-bond acceptors (Lipinski definition) is 5. The van der Waals surface area contributed by atoms with Gasteiger partial charge in [0.05, 0.1) is 27.0 Å². The summed E-state index contributed by atoms with van der Waals surface area (Å²) in [4.78, 5) is 4.28. The molecule has 2 rings (SSSR count). The van der Waals surface area contributed by atoms with Gasteiger partial charge in [-0.1, -0.05) is 6.07 Å². The van der Waals surface area contributed by atoms with Crippen molar-refractivity contribution in [1.82, 2.24) is 10.3 Å². The molecule has 0 aliphatic carbocycles. The standard InChI is InChI=1S/C16H20N2O3/c1-19-14-9-16(21-3)15(20-2)8-12(14)10-17-11-13-6-4-5-7-18-13/h4-9,17H,10-11H2,1-3H3. The summed E-state index contributed by atoms with van der Waals surface area (Å²) in [5.41, 5.74) is 2.00. The summed E-state index contributed by atoms with van der Waals surface area (Å²) in [6.07, 6.45) is 1.79. The average Bonchev–Trinajstić information content (AvgIpc) is 2.55. The zero-order chi connectivity index (χ0) is 15.1. The third-order valence-electron chi connectivity index (χ3n) is 3.13. The highest BCUT2D eigenvalue weighted by atomic mass is 16.5. The smallest absolute Gasteiger partial charge is 0.164 e. The Bertz CT molecular complexity index is 573. The number of methoxy groups -OCH3 is 3. The van der Waals surface area contributed by atoms with Crippen molar-refractivity contribution in [3.8, 4) is 17.2 Å². The zero-order valence-electron chi connectivity index (χ0n) is 12.6.